The number of aryl methyl sites for hydroxylation is 2. The lowest BCUT2D eigenvalue weighted by Crippen LogP contribution is -2.44. The van der Waals surface area contributed by atoms with Crippen molar-refractivity contribution in [3.8, 4) is 0 Å². The summed E-state index contributed by atoms with van der Waals surface area (Å²) in [6.45, 7) is 3.52. The highest BCUT2D eigenvalue weighted by Gasteiger charge is 2.27. The molecule has 31 heavy (non-hydrogen) atoms. The SMILES string of the molecule is COCC(C)(F)CN(CCCCc1ccc2c(n1)NCCC2)CCC(NC=O)C(=O)O. The van der Waals surface area contributed by atoms with Gasteiger partial charge in [0.25, 0.3) is 0 Å². The molecular formula is C22H35FN4O4. The number of carboxylic acid groups (broad SMARTS) is 1. The number of amides is 1. The van der Waals surface area contributed by atoms with E-state index in [1.165, 1.54) is 19.6 Å². The van der Waals surface area contributed by atoms with Crippen molar-refractivity contribution in [3.05, 3.63) is 23.4 Å². The summed E-state index contributed by atoms with van der Waals surface area (Å²) < 4.78 is 19.7. The first-order valence-electron chi connectivity index (χ1n) is 10.9. The van der Waals surface area contributed by atoms with Gasteiger partial charge in [-0.05, 0) is 63.6 Å². The van der Waals surface area contributed by atoms with Crippen LogP contribution in [-0.4, -0.2) is 79.0 Å². The number of hydrogen-bond acceptors (Lipinski definition) is 6. The molecule has 1 aliphatic rings. The molecule has 3 N–H and O–H groups in total. The first kappa shape index (κ1) is 25.0. The molecule has 0 spiro atoms. The fourth-order valence-corrected chi connectivity index (χ4v) is 3.90. The standard InChI is InChI=1S/C22H35FN4O4/c1-22(23,15-31-2)14-27(13-10-19(21(29)30)25-16-28)12-4-3-7-18-9-8-17-6-5-11-24-20(17)26-18/h8-9,16,19H,3-7,10-15H2,1-2H3,(H,24,26)(H,25,28)(H,29,30). The van der Waals surface area contributed by atoms with Crippen molar-refractivity contribution in [2.75, 3.05) is 45.2 Å². The number of methoxy groups -OCH3 is 1. The molecule has 0 fully saturated rings. The summed E-state index contributed by atoms with van der Waals surface area (Å²) in [6, 6.07) is 3.23. The first-order valence-corrected chi connectivity index (χ1v) is 10.9. The van der Waals surface area contributed by atoms with Crippen LogP contribution < -0.4 is 10.6 Å². The van der Waals surface area contributed by atoms with Gasteiger partial charge in [-0.2, -0.15) is 0 Å². The van der Waals surface area contributed by atoms with Crippen LogP contribution in [-0.2, 0) is 27.2 Å². The summed E-state index contributed by atoms with van der Waals surface area (Å²) in [6.07, 6.45) is 5.33. The molecule has 0 saturated heterocycles. The Balaban J connectivity index is 1.87. The molecule has 1 aliphatic heterocycles. The summed E-state index contributed by atoms with van der Waals surface area (Å²) in [5.74, 6) is -0.112. The Kier molecular flexibility index (Phi) is 10.1. The zero-order valence-electron chi connectivity index (χ0n) is 18.5. The number of ether oxygens (including phenoxy) is 1. The maximum absolute atomic E-state index is 14.7. The van der Waals surface area contributed by atoms with E-state index in [0.29, 0.717) is 19.5 Å². The van der Waals surface area contributed by atoms with Gasteiger partial charge >= 0.3 is 5.97 Å². The number of carbonyl (C=O) groups is 2. The molecule has 2 rings (SSSR count). The largest absolute Gasteiger partial charge is 0.480 e. The lowest BCUT2D eigenvalue weighted by Gasteiger charge is -2.30. The molecule has 1 aromatic rings. The normalized spacial score (nSPS) is 16.1. The maximum atomic E-state index is 14.7. The van der Waals surface area contributed by atoms with Gasteiger partial charge < -0.3 is 20.5 Å². The molecule has 2 atom stereocenters. The fraction of sp³-hybridized carbons (Fsp3) is 0.682. The summed E-state index contributed by atoms with van der Waals surface area (Å²) in [4.78, 5) is 28.5. The number of hydrogen-bond donors (Lipinski definition) is 3. The molecule has 0 aromatic carbocycles. The van der Waals surface area contributed by atoms with Crippen molar-refractivity contribution in [1.29, 1.82) is 0 Å². The third-order valence-electron chi connectivity index (χ3n) is 5.41. The van der Waals surface area contributed by atoms with Crippen LogP contribution in [0.1, 0.15) is 43.9 Å². The van der Waals surface area contributed by atoms with Crippen LogP contribution in [0.2, 0.25) is 0 Å². The molecule has 8 nitrogen and oxygen atoms in total. The van der Waals surface area contributed by atoms with Crippen molar-refractivity contribution in [2.45, 2.75) is 57.2 Å². The fourth-order valence-electron chi connectivity index (χ4n) is 3.90. The van der Waals surface area contributed by atoms with E-state index < -0.39 is 17.7 Å². The van der Waals surface area contributed by atoms with Crippen molar-refractivity contribution >= 4 is 18.2 Å². The van der Waals surface area contributed by atoms with Gasteiger partial charge in [-0.25, -0.2) is 14.2 Å². The van der Waals surface area contributed by atoms with Crippen molar-refractivity contribution in [2.24, 2.45) is 0 Å². The lowest BCUT2D eigenvalue weighted by molar-refractivity contribution is -0.140. The Morgan fingerprint density at radius 3 is 2.97 bits per heavy atom. The summed E-state index contributed by atoms with van der Waals surface area (Å²) in [5.41, 5.74) is 0.756. The number of carbonyl (C=O) groups excluding carboxylic acids is 1. The number of alkyl halides is 1. The maximum Gasteiger partial charge on any atom is 0.326 e. The van der Waals surface area contributed by atoms with E-state index in [1.807, 2.05) is 4.90 Å². The lowest BCUT2D eigenvalue weighted by atomic mass is 10.1. The van der Waals surface area contributed by atoms with Crippen LogP contribution >= 0.6 is 0 Å². The highest BCUT2D eigenvalue weighted by molar-refractivity contribution is 5.76. The molecule has 1 amide bonds. The highest BCUT2D eigenvalue weighted by Crippen LogP contribution is 2.20. The molecular weight excluding hydrogens is 403 g/mol. The predicted molar refractivity (Wildman–Crippen MR) is 117 cm³/mol. The highest BCUT2D eigenvalue weighted by atomic mass is 19.1. The first-order chi connectivity index (χ1) is 14.8. The number of rotatable bonds is 15. The van der Waals surface area contributed by atoms with E-state index in [2.05, 4.69) is 22.8 Å². The topological polar surface area (TPSA) is 104 Å². The van der Waals surface area contributed by atoms with Gasteiger partial charge in [-0.15, -0.1) is 0 Å². The quantitative estimate of drug-likeness (QED) is 0.284. The summed E-state index contributed by atoms with van der Waals surface area (Å²) in [7, 11) is 1.46. The number of carboxylic acids is 1. The number of fused-ring (bicyclic) bond motifs is 1. The molecule has 2 heterocycles. The number of halogens is 1. The van der Waals surface area contributed by atoms with Crippen LogP contribution in [0.15, 0.2) is 12.1 Å². The predicted octanol–water partition coefficient (Wildman–Crippen LogP) is 2.03. The van der Waals surface area contributed by atoms with E-state index in [4.69, 9.17) is 9.72 Å². The second kappa shape index (κ2) is 12.6. The van der Waals surface area contributed by atoms with Crippen LogP contribution in [0, 0.1) is 0 Å². The van der Waals surface area contributed by atoms with Crippen molar-refractivity contribution in [1.82, 2.24) is 15.2 Å². The monoisotopic (exact) mass is 438 g/mol. The van der Waals surface area contributed by atoms with Crippen molar-refractivity contribution in [3.63, 3.8) is 0 Å². The van der Waals surface area contributed by atoms with E-state index in [0.717, 1.165) is 50.2 Å². The summed E-state index contributed by atoms with van der Waals surface area (Å²) in [5, 5.41) is 14.9. The van der Waals surface area contributed by atoms with Crippen LogP contribution in [0.3, 0.4) is 0 Å². The third-order valence-corrected chi connectivity index (χ3v) is 5.41. The number of aliphatic carboxylic acids is 1. The van der Waals surface area contributed by atoms with E-state index >= 15 is 0 Å². The number of pyridine rings is 1. The van der Waals surface area contributed by atoms with Gasteiger partial charge in [0.1, 0.15) is 17.5 Å². The average Bonchev–Trinajstić information content (AvgIpc) is 2.73. The van der Waals surface area contributed by atoms with E-state index in [1.54, 1.807) is 0 Å². The Bertz CT molecular complexity index is 717. The zero-order valence-corrected chi connectivity index (χ0v) is 18.5. The minimum atomic E-state index is -1.54. The van der Waals surface area contributed by atoms with E-state index in [9.17, 15) is 19.1 Å². The molecule has 0 bridgehead atoms. The second-order valence-corrected chi connectivity index (χ2v) is 8.38. The number of nitrogens with zero attached hydrogens (tertiary/aromatic N) is 2. The molecule has 0 aliphatic carbocycles. The van der Waals surface area contributed by atoms with Gasteiger partial charge in [-0.3, -0.25) is 9.69 Å². The molecule has 2 unspecified atom stereocenters. The number of nitrogens with one attached hydrogen (secondary N) is 2. The van der Waals surface area contributed by atoms with Crippen molar-refractivity contribution < 1.29 is 23.8 Å². The average molecular weight is 439 g/mol. The van der Waals surface area contributed by atoms with Gasteiger partial charge in [0.05, 0.1) is 6.61 Å². The minimum absolute atomic E-state index is 0.0372. The van der Waals surface area contributed by atoms with Gasteiger partial charge in [0.2, 0.25) is 6.41 Å². The second-order valence-electron chi connectivity index (χ2n) is 8.38. The third kappa shape index (κ3) is 8.78. The van der Waals surface area contributed by atoms with Crippen LogP contribution in [0.5, 0.6) is 0 Å². The number of aromatic nitrogens is 1. The van der Waals surface area contributed by atoms with Gasteiger partial charge in [0.15, 0.2) is 0 Å². The number of anilines is 1. The van der Waals surface area contributed by atoms with Gasteiger partial charge in [-0.1, -0.05) is 6.07 Å². The molecule has 9 heteroatoms. The number of unbranched alkanes of at least 4 members (excludes halogenated alkanes) is 1. The Labute approximate surface area is 183 Å². The smallest absolute Gasteiger partial charge is 0.326 e. The van der Waals surface area contributed by atoms with E-state index in [-0.39, 0.29) is 19.6 Å². The molecule has 1 aromatic heterocycles. The van der Waals surface area contributed by atoms with Crippen LogP contribution in [0.25, 0.3) is 0 Å². The molecule has 0 radical (unpaired) electrons. The van der Waals surface area contributed by atoms with Gasteiger partial charge in [0, 0.05) is 32.4 Å². The molecule has 174 valence electrons. The Morgan fingerprint density at radius 1 is 1.45 bits per heavy atom. The minimum Gasteiger partial charge on any atom is -0.480 e. The zero-order chi connectivity index (χ0) is 22.7. The molecule has 0 saturated carbocycles. The Hall–Kier alpha value is -2.26. The Morgan fingerprint density at radius 2 is 2.26 bits per heavy atom. The summed E-state index contributed by atoms with van der Waals surface area (Å²) >= 11 is 0. The van der Waals surface area contributed by atoms with Crippen LogP contribution in [0.4, 0.5) is 10.2 Å².